The van der Waals surface area contributed by atoms with Crippen LogP contribution in [0.25, 0.3) is 11.1 Å². The van der Waals surface area contributed by atoms with Crippen molar-refractivity contribution in [1.82, 2.24) is 0 Å². The lowest BCUT2D eigenvalue weighted by atomic mass is 10.0. The van der Waals surface area contributed by atoms with Crippen molar-refractivity contribution in [3.63, 3.8) is 0 Å². The number of rotatable bonds is 3. The molecule has 0 aliphatic heterocycles. The van der Waals surface area contributed by atoms with E-state index < -0.39 is 0 Å². The summed E-state index contributed by atoms with van der Waals surface area (Å²) in [6.45, 7) is 2.07. The van der Waals surface area contributed by atoms with E-state index in [0.29, 0.717) is 5.75 Å². The quantitative estimate of drug-likeness (QED) is 0.839. The highest BCUT2D eigenvalue weighted by Gasteiger charge is 2.04. The van der Waals surface area contributed by atoms with Gasteiger partial charge in [0.05, 0.1) is 0 Å². The molecular formula is C15H15FO. The minimum atomic E-state index is -0.235. The second kappa shape index (κ2) is 5.00. The lowest BCUT2D eigenvalue weighted by Gasteiger charge is -2.07. The molecule has 1 nitrogen and oxygen atoms in total. The molecule has 0 bridgehead atoms. The van der Waals surface area contributed by atoms with Crippen LogP contribution in [0.4, 0.5) is 4.39 Å². The first kappa shape index (κ1) is 11.6. The molecule has 0 aliphatic carbocycles. The zero-order chi connectivity index (χ0) is 12.3. The molecule has 0 aromatic heterocycles. The molecule has 0 aliphatic rings. The molecule has 0 spiro atoms. The molecule has 2 aromatic carbocycles. The maximum atomic E-state index is 12.8. The second-order valence-corrected chi connectivity index (χ2v) is 4.10. The Morgan fingerprint density at radius 3 is 2.29 bits per heavy atom. The van der Waals surface area contributed by atoms with Gasteiger partial charge in [0.15, 0.2) is 0 Å². The van der Waals surface area contributed by atoms with Gasteiger partial charge in [-0.25, -0.2) is 4.39 Å². The monoisotopic (exact) mass is 230 g/mol. The van der Waals surface area contributed by atoms with Crippen LogP contribution in [-0.4, -0.2) is 5.11 Å². The Kier molecular flexibility index (Phi) is 3.43. The van der Waals surface area contributed by atoms with E-state index in [9.17, 15) is 9.50 Å². The molecule has 0 radical (unpaired) electrons. The number of phenols is 1. The molecule has 0 unspecified atom stereocenters. The topological polar surface area (TPSA) is 20.2 Å². The average Bonchev–Trinajstić information content (AvgIpc) is 2.33. The van der Waals surface area contributed by atoms with Crippen LogP contribution in [0.1, 0.15) is 18.9 Å². The standard InChI is InChI=1S/C15H15FO/c1-2-3-13-10-12(6-9-15(13)17)11-4-7-14(16)8-5-11/h4-10,17H,2-3H2,1H3. The molecule has 0 fully saturated rings. The Balaban J connectivity index is 2.39. The van der Waals surface area contributed by atoms with Crippen LogP contribution in [0.5, 0.6) is 5.75 Å². The third-order valence-corrected chi connectivity index (χ3v) is 2.78. The van der Waals surface area contributed by atoms with Crippen molar-refractivity contribution in [2.45, 2.75) is 19.8 Å². The fraction of sp³-hybridized carbons (Fsp3) is 0.200. The summed E-state index contributed by atoms with van der Waals surface area (Å²) in [6.07, 6.45) is 1.83. The first-order valence-corrected chi connectivity index (χ1v) is 5.78. The van der Waals surface area contributed by atoms with Crippen molar-refractivity contribution < 1.29 is 9.50 Å². The molecule has 2 heteroatoms. The highest BCUT2D eigenvalue weighted by atomic mass is 19.1. The predicted octanol–water partition coefficient (Wildman–Crippen LogP) is 4.15. The van der Waals surface area contributed by atoms with E-state index in [1.54, 1.807) is 18.2 Å². The summed E-state index contributed by atoms with van der Waals surface area (Å²) in [5.41, 5.74) is 2.91. The van der Waals surface area contributed by atoms with Crippen LogP contribution in [-0.2, 0) is 6.42 Å². The lowest BCUT2D eigenvalue weighted by molar-refractivity contribution is 0.467. The maximum absolute atomic E-state index is 12.8. The summed E-state index contributed by atoms with van der Waals surface area (Å²) in [5.74, 6) is 0.0963. The van der Waals surface area contributed by atoms with Crippen LogP contribution in [0, 0.1) is 5.82 Å². The molecule has 0 saturated carbocycles. The summed E-state index contributed by atoms with van der Waals surface area (Å²) < 4.78 is 12.8. The SMILES string of the molecule is CCCc1cc(-c2ccc(F)cc2)ccc1O. The van der Waals surface area contributed by atoms with Crippen molar-refractivity contribution in [3.05, 3.63) is 53.8 Å². The van der Waals surface area contributed by atoms with Crippen molar-refractivity contribution in [3.8, 4) is 16.9 Å². The van der Waals surface area contributed by atoms with Crippen LogP contribution in [0.2, 0.25) is 0 Å². The van der Waals surface area contributed by atoms with Gasteiger partial charge in [-0.1, -0.05) is 31.5 Å². The zero-order valence-electron chi connectivity index (χ0n) is 9.78. The summed E-state index contributed by atoms with van der Waals surface area (Å²) in [6, 6.07) is 11.9. The van der Waals surface area contributed by atoms with Gasteiger partial charge >= 0.3 is 0 Å². The fourth-order valence-corrected chi connectivity index (χ4v) is 1.88. The largest absolute Gasteiger partial charge is 0.508 e. The molecule has 2 aromatic rings. The van der Waals surface area contributed by atoms with Gasteiger partial charge in [-0.3, -0.25) is 0 Å². The first-order chi connectivity index (χ1) is 8.20. The Hall–Kier alpha value is -1.83. The van der Waals surface area contributed by atoms with E-state index >= 15 is 0 Å². The highest BCUT2D eigenvalue weighted by Crippen LogP contribution is 2.26. The number of halogens is 1. The van der Waals surface area contributed by atoms with Gasteiger partial charge in [-0.05, 0) is 47.4 Å². The van der Waals surface area contributed by atoms with Gasteiger partial charge in [0, 0.05) is 0 Å². The average molecular weight is 230 g/mol. The summed E-state index contributed by atoms with van der Waals surface area (Å²) in [7, 11) is 0. The van der Waals surface area contributed by atoms with Crippen LogP contribution < -0.4 is 0 Å². The molecule has 0 saturated heterocycles. The number of benzene rings is 2. The number of aromatic hydroxyl groups is 1. The molecule has 0 atom stereocenters. The molecule has 17 heavy (non-hydrogen) atoms. The molecule has 88 valence electrons. The van der Waals surface area contributed by atoms with E-state index in [0.717, 1.165) is 29.5 Å². The van der Waals surface area contributed by atoms with E-state index in [-0.39, 0.29) is 5.82 Å². The van der Waals surface area contributed by atoms with Gasteiger partial charge < -0.3 is 5.11 Å². The minimum Gasteiger partial charge on any atom is -0.508 e. The number of phenolic OH excluding ortho intramolecular Hbond substituents is 1. The smallest absolute Gasteiger partial charge is 0.123 e. The van der Waals surface area contributed by atoms with Gasteiger partial charge in [0.25, 0.3) is 0 Å². The van der Waals surface area contributed by atoms with Crippen molar-refractivity contribution in [2.24, 2.45) is 0 Å². The third kappa shape index (κ3) is 2.64. The minimum absolute atomic E-state index is 0.235. The van der Waals surface area contributed by atoms with E-state index in [2.05, 4.69) is 6.92 Å². The summed E-state index contributed by atoms with van der Waals surface area (Å²) >= 11 is 0. The van der Waals surface area contributed by atoms with Crippen LogP contribution in [0.3, 0.4) is 0 Å². The van der Waals surface area contributed by atoms with Gasteiger partial charge in [-0.15, -0.1) is 0 Å². The van der Waals surface area contributed by atoms with Crippen LogP contribution in [0.15, 0.2) is 42.5 Å². The predicted molar refractivity (Wildman–Crippen MR) is 67.5 cm³/mol. The lowest BCUT2D eigenvalue weighted by Crippen LogP contribution is -1.86. The van der Waals surface area contributed by atoms with Crippen molar-refractivity contribution >= 4 is 0 Å². The summed E-state index contributed by atoms with van der Waals surface area (Å²) in [5, 5.41) is 9.70. The molecule has 0 heterocycles. The Bertz CT molecular complexity index is 503. The fourth-order valence-electron chi connectivity index (χ4n) is 1.88. The third-order valence-electron chi connectivity index (χ3n) is 2.78. The van der Waals surface area contributed by atoms with Gasteiger partial charge in [0.2, 0.25) is 0 Å². The number of hydrogen-bond donors (Lipinski definition) is 1. The molecule has 0 amide bonds. The Labute approximate surface area is 101 Å². The summed E-state index contributed by atoms with van der Waals surface area (Å²) in [4.78, 5) is 0. The number of aryl methyl sites for hydroxylation is 1. The highest BCUT2D eigenvalue weighted by molar-refractivity contribution is 5.65. The normalized spacial score (nSPS) is 10.5. The van der Waals surface area contributed by atoms with Gasteiger partial charge in [0.1, 0.15) is 11.6 Å². The van der Waals surface area contributed by atoms with Gasteiger partial charge in [-0.2, -0.15) is 0 Å². The Morgan fingerprint density at radius 1 is 1.00 bits per heavy atom. The first-order valence-electron chi connectivity index (χ1n) is 5.78. The van der Waals surface area contributed by atoms with E-state index in [4.69, 9.17) is 0 Å². The molecule has 1 N–H and O–H groups in total. The molecular weight excluding hydrogens is 215 g/mol. The second-order valence-electron chi connectivity index (χ2n) is 4.10. The Morgan fingerprint density at radius 2 is 1.65 bits per heavy atom. The number of hydrogen-bond acceptors (Lipinski definition) is 1. The van der Waals surface area contributed by atoms with Crippen LogP contribution >= 0.6 is 0 Å². The maximum Gasteiger partial charge on any atom is 0.123 e. The van der Waals surface area contributed by atoms with E-state index in [1.165, 1.54) is 12.1 Å². The van der Waals surface area contributed by atoms with E-state index in [1.807, 2.05) is 12.1 Å². The van der Waals surface area contributed by atoms with Crippen molar-refractivity contribution in [2.75, 3.05) is 0 Å². The molecule has 2 rings (SSSR count). The zero-order valence-corrected chi connectivity index (χ0v) is 9.78. The van der Waals surface area contributed by atoms with Crippen molar-refractivity contribution in [1.29, 1.82) is 0 Å².